The molecule has 1 saturated heterocycles. The first kappa shape index (κ1) is 16.3. The normalized spacial score (nSPS) is 15.0. The van der Waals surface area contributed by atoms with Crippen molar-refractivity contribution in [1.82, 2.24) is 35.1 Å². The second-order valence-corrected chi connectivity index (χ2v) is 5.97. The molecule has 0 aliphatic carbocycles. The minimum absolute atomic E-state index is 0.139. The van der Waals surface area contributed by atoms with Crippen LogP contribution in [0.2, 0.25) is 0 Å². The summed E-state index contributed by atoms with van der Waals surface area (Å²) in [5.74, 6) is 1.83. The molecule has 1 aliphatic heterocycles. The van der Waals surface area contributed by atoms with Gasteiger partial charge in [0.05, 0.1) is 6.54 Å². The Balaban J connectivity index is 1.54. The number of carbonyl (C=O) groups excluding carboxylic acids is 1. The molecule has 9 heteroatoms. The quantitative estimate of drug-likeness (QED) is 0.786. The van der Waals surface area contributed by atoms with Gasteiger partial charge in [-0.2, -0.15) is 0 Å². The Morgan fingerprint density at radius 1 is 1.12 bits per heavy atom. The Hall–Kier alpha value is -2.58. The highest BCUT2D eigenvalue weighted by Gasteiger charge is 2.23. The standard InChI is InChI=1S/C15H22N8O/c1-11-12(2)16-10-17-15(11)22-8-6-21(7-9-22)14(24)4-5-23-13(3)18-19-20-23/h10H,4-9H2,1-3H3. The minimum Gasteiger partial charge on any atom is -0.353 e. The van der Waals surface area contributed by atoms with Gasteiger partial charge < -0.3 is 9.80 Å². The number of aryl methyl sites for hydroxylation is 3. The molecule has 24 heavy (non-hydrogen) atoms. The van der Waals surface area contributed by atoms with Crippen LogP contribution in [0.4, 0.5) is 5.82 Å². The van der Waals surface area contributed by atoms with Crippen LogP contribution >= 0.6 is 0 Å². The maximum atomic E-state index is 12.4. The molecule has 0 unspecified atom stereocenters. The summed E-state index contributed by atoms with van der Waals surface area (Å²) in [7, 11) is 0. The Labute approximate surface area is 140 Å². The molecule has 3 heterocycles. The van der Waals surface area contributed by atoms with Crippen molar-refractivity contribution in [2.75, 3.05) is 31.1 Å². The van der Waals surface area contributed by atoms with Crippen LogP contribution < -0.4 is 4.90 Å². The second kappa shape index (κ2) is 6.90. The number of rotatable bonds is 4. The molecule has 3 rings (SSSR count). The van der Waals surface area contributed by atoms with Gasteiger partial charge in [0.2, 0.25) is 5.91 Å². The summed E-state index contributed by atoms with van der Waals surface area (Å²) in [6, 6.07) is 0. The summed E-state index contributed by atoms with van der Waals surface area (Å²) in [6.07, 6.45) is 2.02. The molecule has 0 radical (unpaired) electrons. The Morgan fingerprint density at radius 2 is 1.88 bits per heavy atom. The van der Waals surface area contributed by atoms with Crippen LogP contribution in [0.15, 0.2) is 6.33 Å². The molecular formula is C15H22N8O. The third-order valence-corrected chi connectivity index (χ3v) is 4.49. The summed E-state index contributed by atoms with van der Waals surface area (Å²) in [6.45, 7) is 9.35. The van der Waals surface area contributed by atoms with Crippen LogP contribution in [-0.4, -0.2) is 67.2 Å². The predicted molar refractivity (Wildman–Crippen MR) is 87.5 cm³/mol. The van der Waals surface area contributed by atoms with Crippen LogP contribution in [0.1, 0.15) is 23.5 Å². The van der Waals surface area contributed by atoms with E-state index in [0.717, 1.165) is 36.0 Å². The lowest BCUT2D eigenvalue weighted by molar-refractivity contribution is -0.131. The van der Waals surface area contributed by atoms with Crippen molar-refractivity contribution in [3.05, 3.63) is 23.4 Å². The van der Waals surface area contributed by atoms with Gasteiger partial charge in [-0.3, -0.25) is 4.79 Å². The fraction of sp³-hybridized carbons (Fsp3) is 0.600. The molecule has 0 saturated carbocycles. The number of anilines is 1. The van der Waals surface area contributed by atoms with E-state index in [1.54, 1.807) is 11.0 Å². The maximum absolute atomic E-state index is 12.4. The topological polar surface area (TPSA) is 92.9 Å². The van der Waals surface area contributed by atoms with Crippen molar-refractivity contribution < 1.29 is 4.79 Å². The zero-order chi connectivity index (χ0) is 17.1. The maximum Gasteiger partial charge on any atom is 0.224 e. The van der Waals surface area contributed by atoms with Crippen molar-refractivity contribution >= 4 is 11.7 Å². The summed E-state index contributed by atoms with van der Waals surface area (Å²) >= 11 is 0. The number of hydrogen-bond acceptors (Lipinski definition) is 7. The number of aromatic nitrogens is 6. The largest absolute Gasteiger partial charge is 0.353 e. The molecule has 2 aromatic heterocycles. The van der Waals surface area contributed by atoms with Gasteiger partial charge >= 0.3 is 0 Å². The van der Waals surface area contributed by atoms with E-state index in [9.17, 15) is 4.79 Å². The Kier molecular flexibility index (Phi) is 4.68. The molecule has 2 aromatic rings. The molecule has 1 fully saturated rings. The lowest BCUT2D eigenvalue weighted by Crippen LogP contribution is -2.49. The molecule has 0 bridgehead atoms. The number of nitrogens with zero attached hydrogens (tertiary/aromatic N) is 8. The van der Waals surface area contributed by atoms with Crippen LogP contribution in [0.3, 0.4) is 0 Å². The summed E-state index contributed by atoms with van der Waals surface area (Å²) < 4.78 is 1.65. The number of hydrogen-bond donors (Lipinski definition) is 0. The van der Waals surface area contributed by atoms with Crippen LogP contribution in [-0.2, 0) is 11.3 Å². The van der Waals surface area contributed by atoms with Crippen LogP contribution in [0, 0.1) is 20.8 Å². The predicted octanol–water partition coefficient (Wildman–Crippen LogP) is 0.127. The monoisotopic (exact) mass is 330 g/mol. The van der Waals surface area contributed by atoms with E-state index in [0.29, 0.717) is 26.1 Å². The zero-order valence-electron chi connectivity index (χ0n) is 14.3. The average Bonchev–Trinajstić information content (AvgIpc) is 3.00. The second-order valence-electron chi connectivity index (χ2n) is 5.97. The van der Waals surface area contributed by atoms with Gasteiger partial charge in [-0.15, -0.1) is 5.10 Å². The lowest BCUT2D eigenvalue weighted by atomic mass is 10.2. The molecular weight excluding hydrogens is 308 g/mol. The third kappa shape index (κ3) is 3.34. The fourth-order valence-corrected chi connectivity index (χ4v) is 2.83. The first-order valence-electron chi connectivity index (χ1n) is 8.10. The number of amides is 1. The molecule has 9 nitrogen and oxygen atoms in total. The molecule has 1 aliphatic rings. The van der Waals surface area contributed by atoms with E-state index in [1.165, 1.54) is 0 Å². The first-order valence-corrected chi connectivity index (χ1v) is 8.10. The lowest BCUT2D eigenvalue weighted by Gasteiger charge is -2.36. The molecule has 0 aromatic carbocycles. The van der Waals surface area contributed by atoms with Gasteiger partial charge in [0.1, 0.15) is 18.0 Å². The van der Waals surface area contributed by atoms with E-state index in [2.05, 4.69) is 30.4 Å². The molecule has 0 spiro atoms. The van der Waals surface area contributed by atoms with Crippen LogP contribution in [0.25, 0.3) is 0 Å². The third-order valence-electron chi connectivity index (χ3n) is 4.49. The molecule has 1 amide bonds. The average molecular weight is 330 g/mol. The van der Waals surface area contributed by atoms with E-state index < -0.39 is 0 Å². The van der Waals surface area contributed by atoms with Gasteiger partial charge in [-0.05, 0) is 31.2 Å². The van der Waals surface area contributed by atoms with Gasteiger partial charge in [0.25, 0.3) is 0 Å². The van der Waals surface area contributed by atoms with E-state index in [1.807, 2.05) is 25.7 Å². The number of piperazine rings is 1. The highest BCUT2D eigenvalue weighted by molar-refractivity contribution is 5.76. The summed E-state index contributed by atoms with van der Waals surface area (Å²) in [5.41, 5.74) is 2.10. The van der Waals surface area contributed by atoms with Crippen molar-refractivity contribution in [3.8, 4) is 0 Å². The minimum atomic E-state index is 0.139. The zero-order valence-corrected chi connectivity index (χ0v) is 14.3. The fourth-order valence-electron chi connectivity index (χ4n) is 2.83. The molecule has 128 valence electrons. The number of tetrazole rings is 1. The van der Waals surface area contributed by atoms with E-state index in [4.69, 9.17) is 0 Å². The van der Waals surface area contributed by atoms with Crippen molar-refractivity contribution in [1.29, 1.82) is 0 Å². The van der Waals surface area contributed by atoms with Gasteiger partial charge in [-0.25, -0.2) is 14.6 Å². The Bertz CT molecular complexity index is 720. The molecule has 0 N–H and O–H groups in total. The smallest absolute Gasteiger partial charge is 0.224 e. The van der Waals surface area contributed by atoms with E-state index in [-0.39, 0.29) is 5.91 Å². The highest BCUT2D eigenvalue weighted by Crippen LogP contribution is 2.19. The van der Waals surface area contributed by atoms with E-state index >= 15 is 0 Å². The molecule has 0 atom stereocenters. The first-order chi connectivity index (χ1) is 11.6. The SMILES string of the molecule is Cc1ncnc(N2CCN(C(=O)CCn3nnnc3C)CC2)c1C. The summed E-state index contributed by atoms with van der Waals surface area (Å²) in [5, 5.41) is 11.3. The van der Waals surface area contributed by atoms with Gasteiger partial charge in [0, 0.05) is 43.9 Å². The Morgan fingerprint density at radius 3 is 2.54 bits per heavy atom. The van der Waals surface area contributed by atoms with Crippen molar-refractivity contribution in [2.24, 2.45) is 0 Å². The highest BCUT2D eigenvalue weighted by atomic mass is 16.2. The van der Waals surface area contributed by atoms with Crippen LogP contribution in [0.5, 0.6) is 0 Å². The van der Waals surface area contributed by atoms with Gasteiger partial charge in [-0.1, -0.05) is 0 Å². The number of carbonyl (C=O) groups is 1. The van der Waals surface area contributed by atoms with Crippen molar-refractivity contribution in [2.45, 2.75) is 33.7 Å². The van der Waals surface area contributed by atoms with Gasteiger partial charge in [0.15, 0.2) is 0 Å². The van der Waals surface area contributed by atoms with Crippen molar-refractivity contribution in [3.63, 3.8) is 0 Å². The summed E-state index contributed by atoms with van der Waals surface area (Å²) in [4.78, 5) is 25.1.